The van der Waals surface area contributed by atoms with Gasteiger partial charge in [-0.05, 0) is 60.9 Å². The zero-order valence-electron chi connectivity index (χ0n) is 13.6. The molecule has 1 aliphatic rings. The number of nitrogens with zero attached hydrogens (tertiary/aromatic N) is 1. The van der Waals surface area contributed by atoms with Crippen molar-refractivity contribution < 1.29 is 14.7 Å². The Hall–Kier alpha value is -2.44. The number of thiocarbonyl (C=S) groups is 1. The topological polar surface area (TPSA) is 57.6 Å². The number of carboxylic acids is 1. The third-order valence-electron chi connectivity index (χ3n) is 4.00. The van der Waals surface area contributed by atoms with Gasteiger partial charge in [0.15, 0.2) is 4.32 Å². The van der Waals surface area contributed by atoms with Gasteiger partial charge in [0.05, 0.1) is 16.2 Å². The predicted molar refractivity (Wildman–Crippen MR) is 105 cm³/mol. The number of carbonyl (C=O) groups excluding carboxylic acids is 1. The molecule has 1 fully saturated rings. The van der Waals surface area contributed by atoms with E-state index in [1.54, 1.807) is 18.2 Å². The van der Waals surface area contributed by atoms with Crippen LogP contribution < -0.4 is 4.90 Å². The van der Waals surface area contributed by atoms with Crippen LogP contribution in [-0.2, 0) is 4.79 Å². The highest BCUT2D eigenvalue weighted by Gasteiger charge is 2.33. The third-order valence-corrected chi connectivity index (χ3v) is 5.30. The second-order valence-electron chi connectivity index (χ2n) is 5.71. The van der Waals surface area contributed by atoms with Gasteiger partial charge >= 0.3 is 5.97 Å². The first kappa shape index (κ1) is 17.4. The van der Waals surface area contributed by atoms with Gasteiger partial charge in [-0.2, -0.15) is 0 Å². The largest absolute Gasteiger partial charge is 0.478 e. The van der Waals surface area contributed by atoms with Crippen molar-refractivity contribution in [2.75, 3.05) is 4.90 Å². The van der Waals surface area contributed by atoms with Crippen LogP contribution in [0.3, 0.4) is 0 Å². The summed E-state index contributed by atoms with van der Waals surface area (Å²) in [6.07, 6.45) is 1.73. The fraction of sp³-hybridized carbons (Fsp3) is 0.105. The average Bonchev–Trinajstić information content (AvgIpc) is 2.85. The Morgan fingerprint density at radius 2 is 1.80 bits per heavy atom. The van der Waals surface area contributed by atoms with E-state index in [1.807, 2.05) is 32.0 Å². The summed E-state index contributed by atoms with van der Waals surface area (Å²) < 4.78 is 0.488. The van der Waals surface area contributed by atoms with E-state index in [-0.39, 0.29) is 11.5 Å². The molecule has 6 heteroatoms. The molecule has 0 spiro atoms. The standard InChI is InChI=1S/C19H15NO3S2/c1-11-3-8-15(9-12(11)2)20-17(21)16(25-19(20)24)10-13-4-6-14(7-5-13)18(22)23/h3-10H,1-2H3,(H,22,23)/b16-10-. The highest BCUT2D eigenvalue weighted by Crippen LogP contribution is 2.36. The molecule has 2 aromatic rings. The van der Waals surface area contributed by atoms with Gasteiger partial charge in [-0.3, -0.25) is 9.69 Å². The summed E-state index contributed by atoms with van der Waals surface area (Å²) in [4.78, 5) is 25.7. The van der Waals surface area contributed by atoms with Crippen molar-refractivity contribution in [2.24, 2.45) is 0 Å². The molecule has 2 aromatic carbocycles. The van der Waals surface area contributed by atoms with Gasteiger partial charge in [0.2, 0.25) is 0 Å². The molecule has 3 rings (SSSR count). The van der Waals surface area contributed by atoms with Crippen molar-refractivity contribution in [3.05, 3.63) is 69.6 Å². The summed E-state index contributed by atoms with van der Waals surface area (Å²) in [5, 5.41) is 8.94. The van der Waals surface area contributed by atoms with Gasteiger partial charge in [-0.25, -0.2) is 4.79 Å². The summed E-state index contributed by atoms with van der Waals surface area (Å²) in [6, 6.07) is 12.2. The SMILES string of the molecule is Cc1ccc(N2C(=O)/C(=C/c3ccc(C(=O)O)cc3)SC2=S)cc1C. The number of hydrogen-bond acceptors (Lipinski definition) is 4. The molecule has 1 aliphatic heterocycles. The van der Waals surface area contributed by atoms with Gasteiger partial charge in [0.25, 0.3) is 5.91 Å². The number of amides is 1. The minimum atomic E-state index is -0.979. The maximum absolute atomic E-state index is 12.7. The number of thioether (sulfide) groups is 1. The van der Waals surface area contributed by atoms with E-state index in [4.69, 9.17) is 17.3 Å². The molecule has 0 unspecified atom stereocenters. The number of benzene rings is 2. The van der Waals surface area contributed by atoms with E-state index < -0.39 is 5.97 Å². The van der Waals surface area contributed by atoms with Crippen LogP contribution in [0, 0.1) is 13.8 Å². The van der Waals surface area contributed by atoms with Crippen LogP contribution in [0.5, 0.6) is 0 Å². The third kappa shape index (κ3) is 3.50. The quantitative estimate of drug-likeness (QED) is 0.642. The van der Waals surface area contributed by atoms with E-state index in [1.165, 1.54) is 28.8 Å². The van der Waals surface area contributed by atoms with Crippen molar-refractivity contribution >= 4 is 51.9 Å². The fourth-order valence-electron chi connectivity index (χ4n) is 2.43. The lowest BCUT2D eigenvalue weighted by Gasteiger charge is -2.15. The molecule has 1 amide bonds. The van der Waals surface area contributed by atoms with Crippen LogP contribution in [0.15, 0.2) is 47.4 Å². The molecule has 0 aromatic heterocycles. The van der Waals surface area contributed by atoms with Crippen LogP contribution in [-0.4, -0.2) is 21.3 Å². The predicted octanol–water partition coefficient (Wildman–Crippen LogP) is 4.41. The minimum Gasteiger partial charge on any atom is -0.478 e. The molecule has 0 bridgehead atoms. The van der Waals surface area contributed by atoms with Gasteiger partial charge in [0, 0.05) is 0 Å². The monoisotopic (exact) mass is 369 g/mol. The van der Waals surface area contributed by atoms with E-state index in [0.717, 1.165) is 22.4 Å². The van der Waals surface area contributed by atoms with Crippen molar-refractivity contribution in [2.45, 2.75) is 13.8 Å². The fourth-order valence-corrected chi connectivity index (χ4v) is 3.73. The van der Waals surface area contributed by atoms with E-state index >= 15 is 0 Å². The van der Waals surface area contributed by atoms with Crippen LogP contribution in [0.25, 0.3) is 6.08 Å². The molecule has 1 N–H and O–H groups in total. The Kier molecular flexibility index (Phi) is 4.74. The average molecular weight is 369 g/mol. The van der Waals surface area contributed by atoms with Crippen molar-refractivity contribution in [1.82, 2.24) is 0 Å². The van der Waals surface area contributed by atoms with Gasteiger partial charge in [-0.15, -0.1) is 0 Å². The normalized spacial score (nSPS) is 15.9. The molecular weight excluding hydrogens is 354 g/mol. The molecule has 126 valence electrons. The molecule has 1 saturated heterocycles. The van der Waals surface area contributed by atoms with Gasteiger partial charge < -0.3 is 5.11 Å². The highest BCUT2D eigenvalue weighted by molar-refractivity contribution is 8.27. The molecule has 0 aliphatic carbocycles. The first-order valence-corrected chi connectivity index (χ1v) is 8.78. The number of aryl methyl sites for hydroxylation is 2. The Morgan fingerprint density at radius 1 is 1.12 bits per heavy atom. The maximum atomic E-state index is 12.7. The van der Waals surface area contributed by atoms with E-state index in [0.29, 0.717) is 9.23 Å². The number of hydrogen-bond donors (Lipinski definition) is 1. The summed E-state index contributed by atoms with van der Waals surface area (Å²) in [7, 11) is 0. The second kappa shape index (κ2) is 6.82. The Morgan fingerprint density at radius 3 is 2.40 bits per heavy atom. The number of carbonyl (C=O) groups is 2. The molecule has 0 atom stereocenters. The number of rotatable bonds is 3. The van der Waals surface area contributed by atoms with Crippen LogP contribution in [0.2, 0.25) is 0 Å². The number of aromatic carboxylic acids is 1. The number of carboxylic acid groups (broad SMARTS) is 1. The molecule has 1 heterocycles. The lowest BCUT2D eigenvalue weighted by Crippen LogP contribution is -2.27. The first-order chi connectivity index (χ1) is 11.9. The second-order valence-corrected chi connectivity index (χ2v) is 7.39. The first-order valence-electron chi connectivity index (χ1n) is 7.55. The van der Waals surface area contributed by atoms with E-state index in [2.05, 4.69) is 0 Å². The van der Waals surface area contributed by atoms with Crippen molar-refractivity contribution in [3.8, 4) is 0 Å². The van der Waals surface area contributed by atoms with Gasteiger partial charge in [-0.1, -0.05) is 42.2 Å². The highest BCUT2D eigenvalue weighted by atomic mass is 32.2. The minimum absolute atomic E-state index is 0.166. The molecule has 25 heavy (non-hydrogen) atoms. The van der Waals surface area contributed by atoms with Crippen molar-refractivity contribution in [3.63, 3.8) is 0 Å². The van der Waals surface area contributed by atoms with Crippen LogP contribution >= 0.6 is 24.0 Å². The van der Waals surface area contributed by atoms with Crippen molar-refractivity contribution in [1.29, 1.82) is 0 Å². The van der Waals surface area contributed by atoms with E-state index in [9.17, 15) is 9.59 Å². The molecule has 0 radical (unpaired) electrons. The summed E-state index contributed by atoms with van der Waals surface area (Å²) in [5.41, 5.74) is 3.98. The maximum Gasteiger partial charge on any atom is 0.335 e. The number of anilines is 1. The summed E-state index contributed by atoms with van der Waals surface area (Å²) in [6.45, 7) is 4.01. The smallest absolute Gasteiger partial charge is 0.335 e. The molecular formula is C19H15NO3S2. The lowest BCUT2D eigenvalue weighted by molar-refractivity contribution is -0.113. The molecule has 4 nitrogen and oxygen atoms in total. The zero-order chi connectivity index (χ0) is 18.1. The van der Waals surface area contributed by atoms with Crippen LogP contribution in [0.4, 0.5) is 5.69 Å². The lowest BCUT2D eigenvalue weighted by atomic mass is 10.1. The Labute approximate surface area is 155 Å². The van der Waals surface area contributed by atoms with Crippen LogP contribution in [0.1, 0.15) is 27.0 Å². The summed E-state index contributed by atoms with van der Waals surface area (Å²) in [5.74, 6) is -1.15. The molecule has 0 saturated carbocycles. The van der Waals surface area contributed by atoms with Gasteiger partial charge in [0.1, 0.15) is 0 Å². The Balaban J connectivity index is 1.90. The Bertz CT molecular complexity index is 917. The summed E-state index contributed by atoms with van der Waals surface area (Å²) >= 11 is 6.62. The zero-order valence-corrected chi connectivity index (χ0v) is 15.3.